The number of aliphatic hydroxyl groups excluding tert-OH is 3. The lowest BCUT2D eigenvalue weighted by molar-refractivity contribution is -0.266. The zero-order valence-corrected chi connectivity index (χ0v) is 43.3. The maximum Gasteiger partial charge on any atom is 0.329 e. The van der Waals surface area contributed by atoms with Crippen molar-refractivity contribution in [2.75, 3.05) is 47.2 Å². The van der Waals surface area contributed by atoms with E-state index in [9.17, 15) is 44.4 Å². The molecule has 1 saturated carbocycles. The molecule has 0 unspecified atom stereocenters. The van der Waals surface area contributed by atoms with Crippen molar-refractivity contribution in [3.8, 4) is 0 Å². The van der Waals surface area contributed by atoms with Crippen LogP contribution in [0.4, 0.5) is 0 Å². The number of ether oxygens (including phenoxy) is 6. The van der Waals surface area contributed by atoms with Crippen LogP contribution in [0, 0.1) is 35.5 Å². The summed E-state index contributed by atoms with van der Waals surface area (Å²) in [6, 6.07) is -1.17. The number of carbonyl (C=O) groups is 5. The van der Waals surface area contributed by atoms with Gasteiger partial charge in [-0.2, -0.15) is 0 Å². The van der Waals surface area contributed by atoms with Gasteiger partial charge in [-0.15, -0.1) is 0 Å². The molecule has 3 aliphatic heterocycles. The van der Waals surface area contributed by atoms with Crippen LogP contribution < -0.4 is 0 Å². The summed E-state index contributed by atoms with van der Waals surface area (Å²) < 4.78 is 35.3. The number of carbonyl (C=O) groups excluding carboxylic acids is 5. The Labute approximate surface area is 416 Å². The highest BCUT2D eigenvalue weighted by atomic mass is 16.6. The number of hydrogen-bond acceptors (Lipinski definition) is 15. The minimum Gasteiger partial charge on any atom is -0.460 e. The molecule has 16 heteroatoms. The molecular weight excluding hydrogens is 903 g/mol. The summed E-state index contributed by atoms with van der Waals surface area (Å²) >= 11 is 0. The first kappa shape index (κ1) is 59.1. The molecule has 3 heterocycles. The molecule has 0 radical (unpaired) electrons. The fraction of sp³-hybridized carbons (Fsp3) is 0.759. The molecular formula is C54H85NO15. The maximum absolute atomic E-state index is 14.5. The number of esters is 1. The number of allylic oxidation sites excluding steroid dienone is 6. The van der Waals surface area contributed by atoms with E-state index in [0.717, 1.165) is 5.57 Å². The molecule has 4 rings (SSSR count). The van der Waals surface area contributed by atoms with Crippen molar-refractivity contribution >= 4 is 29.2 Å². The SMILES string of the molecule is CO[C@@H]1C[C@H](C[C@@H](C)[C@@H]2CC(=O)[C@H](C)/C=C(\C)[C@@H](O)[C@@H](OC)C(=O)[C@H](C)C[C@H](C)/C=C/C=C/C=C(\C)[C@H](OCCOCCO)C[C@@H]3CC[C@@H](C)[C@@](O)(O3)C(=O)C(=O)N3CCCC[C@H]3C(=O)O2)CC[C@H]1O. The third-order valence-corrected chi connectivity index (χ3v) is 15.0. The Balaban J connectivity index is 1.71. The van der Waals surface area contributed by atoms with E-state index in [1.54, 1.807) is 40.9 Å². The number of aliphatic hydroxyl groups is 4. The highest BCUT2D eigenvalue weighted by Crippen LogP contribution is 2.38. The molecule has 1 amide bonds. The Morgan fingerprint density at radius 1 is 0.857 bits per heavy atom. The monoisotopic (exact) mass is 988 g/mol. The zero-order chi connectivity index (χ0) is 51.7. The molecule has 4 N–H and O–H groups in total. The van der Waals surface area contributed by atoms with Crippen LogP contribution in [0.3, 0.4) is 0 Å². The van der Waals surface area contributed by atoms with Gasteiger partial charge in [0, 0.05) is 51.4 Å². The second-order valence-electron chi connectivity index (χ2n) is 20.6. The summed E-state index contributed by atoms with van der Waals surface area (Å²) in [6.45, 7) is 13.1. The number of piperidine rings is 1. The molecule has 0 spiro atoms. The summed E-state index contributed by atoms with van der Waals surface area (Å²) in [5.74, 6) is -8.28. The average Bonchev–Trinajstić information content (AvgIpc) is 3.33. The summed E-state index contributed by atoms with van der Waals surface area (Å²) in [5, 5.41) is 43.3. The van der Waals surface area contributed by atoms with Crippen LogP contribution in [0.25, 0.3) is 0 Å². The number of rotatable bonds is 11. The minimum absolute atomic E-state index is 0.0147. The third kappa shape index (κ3) is 16.5. The fourth-order valence-electron chi connectivity index (χ4n) is 10.4. The van der Waals surface area contributed by atoms with Crippen molar-refractivity contribution in [1.82, 2.24) is 4.90 Å². The lowest BCUT2D eigenvalue weighted by Gasteiger charge is -2.43. The van der Waals surface area contributed by atoms with Gasteiger partial charge >= 0.3 is 5.97 Å². The molecule has 2 bridgehead atoms. The van der Waals surface area contributed by atoms with Crippen molar-refractivity contribution in [3.05, 3.63) is 47.6 Å². The van der Waals surface area contributed by atoms with Gasteiger partial charge in [0.1, 0.15) is 30.1 Å². The number of amides is 1. The fourth-order valence-corrected chi connectivity index (χ4v) is 10.4. The van der Waals surface area contributed by atoms with E-state index in [2.05, 4.69) is 0 Å². The highest BCUT2D eigenvalue weighted by Gasteiger charge is 2.53. The smallest absolute Gasteiger partial charge is 0.329 e. The maximum atomic E-state index is 14.5. The van der Waals surface area contributed by atoms with Gasteiger partial charge in [0.05, 0.1) is 50.8 Å². The van der Waals surface area contributed by atoms with Crippen molar-refractivity contribution in [2.24, 2.45) is 35.5 Å². The van der Waals surface area contributed by atoms with Gasteiger partial charge in [-0.25, -0.2) is 4.79 Å². The van der Waals surface area contributed by atoms with Gasteiger partial charge in [-0.1, -0.05) is 71.1 Å². The lowest BCUT2D eigenvalue weighted by atomic mass is 9.78. The standard InChI is InChI=1S/C54H85NO15/c1-33-15-11-10-12-16-34(2)45(68-26-25-67-24-23-56)31-41-20-18-39(7)54(64,70-41)51(61)52(62)55-22-14-13-17-42(55)53(63)69-46(36(4)29-40-19-21-43(57)47(30-40)65-8)32-44(58)35(3)28-38(6)49(60)50(66-9)48(59)37(5)27-33/h10-12,15-16,28,33,35-37,39-43,45-47,49-50,56-57,60,64H,13-14,17-27,29-32H2,1-9H3/b12-10+,15-11+,34-16+,38-28+/t33-,35-,36-,37-,39-,40+,41+,42+,43-,45-,46+,47-,49-,50+,54-/m1/s1. The molecule has 15 atom stereocenters. The number of fused-ring (bicyclic) bond motifs is 3. The largest absolute Gasteiger partial charge is 0.460 e. The van der Waals surface area contributed by atoms with E-state index in [1.807, 2.05) is 51.2 Å². The molecule has 2 saturated heterocycles. The number of cyclic esters (lactones) is 1. The number of hydrogen-bond donors (Lipinski definition) is 4. The molecule has 16 nitrogen and oxygen atoms in total. The molecule has 3 fully saturated rings. The van der Waals surface area contributed by atoms with E-state index in [0.29, 0.717) is 63.4 Å². The van der Waals surface area contributed by atoms with Gasteiger partial charge in [0.15, 0.2) is 5.78 Å². The van der Waals surface area contributed by atoms with E-state index < -0.39 is 83.9 Å². The van der Waals surface area contributed by atoms with Crippen LogP contribution in [0.1, 0.15) is 126 Å². The Kier molecular flexibility index (Phi) is 24.2. The average molecular weight is 988 g/mol. The van der Waals surface area contributed by atoms with E-state index in [1.165, 1.54) is 12.0 Å². The third-order valence-electron chi connectivity index (χ3n) is 15.0. The second kappa shape index (κ2) is 28.7. The topological polar surface area (TPSA) is 225 Å². The number of Topliss-reactive ketones (excluding diaryl/α,β-unsaturated/α-hetero) is 3. The van der Waals surface area contributed by atoms with Crippen molar-refractivity contribution in [2.45, 2.75) is 180 Å². The Hall–Kier alpha value is -3.45. The van der Waals surface area contributed by atoms with Crippen molar-refractivity contribution < 1.29 is 72.8 Å². The number of ketones is 3. The van der Waals surface area contributed by atoms with Crippen LogP contribution in [0.15, 0.2) is 47.6 Å². The predicted molar refractivity (Wildman–Crippen MR) is 262 cm³/mol. The van der Waals surface area contributed by atoms with Crippen LogP contribution in [-0.4, -0.2) is 156 Å². The molecule has 70 heavy (non-hydrogen) atoms. The molecule has 1 aliphatic carbocycles. The molecule has 0 aromatic carbocycles. The Morgan fingerprint density at radius 2 is 1.60 bits per heavy atom. The first-order chi connectivity index (χ1) is 33.2. The van der Waals surface area contributed by atoms with E-state index >= 15 is 0 Å². The van der Waals surface area contributed by atoms with Crippen LogP contribution in [0.5, 0.6) is 0 Å². The van der Waals surface area contributed by atoms with Crippen molar-refractivity contribution in [3.63, 3.8) is 0 Å². The van der Waals surface area contributed by atoms with Gasteiger partial charge in [-0.05, 0) is 107 Å². The van der Waals surface area contributed by atoms with Gasteiger partial charge in [0.25, 0.3) is 11.7 Å². The van der Waals surface area contributed by atoms with E-state index in [-0.39, 0.29) is 87.7 Å². The van der Waals surface area contributed by atoms with Gasteiger partial charge in [-0.3, -0.25) is 19.2 Å². The second-order valence-corrected chi connectivity index (χ2v) is 20.6. The molecule has 4 aliphatic rings. The first-order valence-electron chi connectivity index (χ1n) is 25.7. The van der Waals surface area contributed by atoms with Crippen LogP contribution in [0.2, 0.25) is 0 Å². The Bertz CT molecular complexity index is 1850. The van der Waals surface area contributed by atoms with Crippen molar-refractivity contribution in [1.29, 1.82) is 0 Å². The minimum atomic E-state index is -2.49. The van der Waals surface area contributed by atoms with Gasteiger partial charge in [0.2, 0.25) is 5.79 Å². The number of methoxy groups -OCH3 is 2. The molecule has 0 aromatic heterocycles. The number of nitrogens with zero attached hydrogens (tertiary/aromatic N) is 1. The first-order valence-corrected chi connectivity index (χ1v) is 25.7. The lowest BCUT2D eigenvalue weighted by Crippen LogP contribution is -2.61. The highest BCUT2D eigenvalue weighted by molar-refractivity contribution is 6.39. The van der Waals surface area contributed by atoms with Gasteiger partial charge < -0.3 is 53.7 Å². The van der Waals surface area contributed by atoms with E-state index in [4.69, 9.17) is 28.4 Å². The molecule has 0 aromatic rings. The Morgan fingerprint density at radius 3 is 2.30 bits per heavy atom. The van der Waals surface area contributed by atoms with Crippen LogP contribution >= 0.6 is 0 Å². The predicted octanol–water partition coefficient (Wildman–Crippen LogP) is 5.56. The summed E-state index contributed by atoms with van der Waals surface area (Å²) in [4.78, 5) is 72.3. The molecule has 396 valence electrons. The van der Waals surface area contributed by atoms with Crippen LogP contribution in [-0.2, 0) is 52.4 Å². The zero-order valence-electron chi connectivity index (χ0n) is 43.3. The summed E-state index contributed by atoms with van der Waals surface area (Å²) in [7, 11) is 2.93. The normalized spacial score (nSPS) is 38.4. The summed E-state index contributed by atoms with van der Waals surface area (Å²) in [5.41, 5.74) is 1.19. The quantitative estimate of drug-likeness (QED) is 0.0861. The summed E-state index contributed by atoms with van der Waals surface area (Å²) in [6.07, 6.45) is 10.5.